The van der Waals surface area contributed by atoms with Gasteiger partial charge in [-0.2, -0.15) is 0 Å². The zero-order valence-electron chi connectivity index (χ0n) is 11.5. The maximum Gasteiger partial charge on any atom is 0.271 e. The van der Waals surface area contributed by atoms with E-state index in [0.29, 0.717) is 12.2 Å². The van der Waals surface area contributed by atoms with Crippen LogP contribution in [0, 0.1) is 12.7 Å². The number of imidazole rings is 1. The molecule has 3 rings (SSSR count). The topological polar surface area (TPSA) is 46.4 Å². The maximum atomic E-state index is 12.8. The van der Waals surface area contributed by atoms with Crippen molar-refractivity contribution in [3.63, 3.8) is 0 Å². The summed E-state index contributed by atoms with van der Waals surface area (Å²) in [6.45, 7) is 2.29. The van der Waals surface area contributed by atoms with Crippen molar-refractivity contribution in [2.75, 3.05) is 0 Å². The summed E-state index contributed by atoms with van der Waals surface area (Å²) in [5.41, 5.74) is 2.95. The van der Waals surface area contributed by atoms with E-state index in [1.807, 2.05) is 29.5 Å². The van der Waals surface area contributed by atoms with Gasteiger partial charge in [-0.15, -0.1) is 0 Å². The Hall–Kier alpha value is -2.69. The van der Waals surface area contributed by atoms with E-state index in [0.717, 1.165) is 16.9 Å². The molecular weight excluding hydrogens is 269 g/mol. The Morgan fingerprint density at radius 2 is 2.00 bits per heavy atom. The number of fused-ring (bicyclic) bond motifs is 1. The van der Waals surface area contributed by atoms with E-state index in [2.05, 4.69) is 10.3 Å². The van der Waals surface area contributed by atoms with Gasteiger partial charge in [-0.05, 0) is 36.8 Å². The molecule has 1 amide bonds. The molecule has 0 aliphatic carbocycles. The van der Waals surface area contributed by atoms with E-state index in [-0.39, 0.29) is 11.7 Å². The number of amides is 1. The number of rotatable bonds is 3. The third-order valence-corrected chi connectivity index (χ3v) is 3.29. The number of nitrogens with zero attached hydrogens (tertiary/aromatic N) is 2. The molecule has 2 heterocycles. The molecule has 4 nitrogen and oxygen atoms in total. The van der Waals surface area contributed by atoms with Crippen molar-refractivity contribution >= 4 is 11.6 Å². The molecule has 0 saturated carbocycles. The molecule has 1 N–H and O–H groups in total. The summed E-state index contributed by atoms with van der Waals surface area (Å²) in [5.74, 6) is -0.539. The minimum atomic E-state index is -0.291. The molecular formula is C16H14FN3O. The third kappa shape index (κ3) is 2.76. The Bertz CT molecular complexity index is 793. The highest BCUT2D eigenvalue weighted by Gasteiger charge is 2.11. The van der Waals surface area contributed by atoms with Crippen LogP contribution in [0.15, 0.2) is 48.7 Å². The lowest BCUT2D eigenvalue weighted by molar-refractivity contribution is 0.0946. The van der Waals surface area contributed by atoms with Gasteiger partial charge in [-0.3, -0.25) is 4.79 Å². The molecule has 0 saturated heterocycles. The van der Waals surface area contributed by atoms with Gasteiger partial charge in [0, 0.05) is 18.4 Å². The number of aromatic nitrogens is 2. The fraction of sp³-hybridized carbons (Fsp3) is 0.125. The number of pyridine rings is 1. The second-order valence-electron chi connectivity index (χ2n) is 4.83. The van der Waals surface area contributed by atoms with Crippen molar-refractivity contribution < 1.29 is 9.18 Å². The molecule has 1 aromatic carbocycles. The summed E-state index contributed by atoms with van der Waals surface area (Å²) in [7, 11) is 0. The van der Waals surface area contributed by atoms with E-state index in [4.69, 9.17) is 0 Å². The van der Waals surface area contributed by atoms with Crippen LogP contribution in [-0.4, -0.2) is 15.3 Å². The van der Waals surface area contributed by atoms with E-state index in [1.54, 1.807) is 18.3 Å². The van der Waals surface area contributed by atoms with Gasteiger partial charge >= 0.3 is 0 Å². The molecule has 0 aliphatic heterocycles. The van der Waals surface area contributed by atoms with Crippen LogP contribution in [-0.2, 0) is 6.54 Å². The van der Waals surface area contributed by atoms with Crippen molar-refractivity contribution in [1.82, 2.24) is 14.7 Å². The van der Waals surface area contributed by atoms with Crippen LogP contribution in [0.4, 0.5) is 4.39 Å². The molecule has 0 atom stereocenters. The fourth-order valence-electron chi connectivity index (χ4n) is 2.13. The van der Waals surface area contributed by atoms with Crippen LogP contribution in [0.1, 0.15) is 21.7 Å². The first kappa shape index (κ1) is 13.3. The summed E-state index contributed by atoms with van der Waals surface area (Å²) in [4.78, 5) is 16.4. The minimum absolute atomic E-state index is 0.248. The number of hydrogen-bond acceptors (Lipinski definition) is 2. The quantitative estimate of drug-likeness (QED) is 0.803. The maximum absolute atomic E-state index is 12.8. The largest absolute Gasteiger partial charge is 0.347 e. The number of nitrogens with one attached hydrogen (secondary N) is 1. The Kier molecular flexibility index (Phi) is 3.39. The number of aryl methyl sites for hydroxylation is 1. The zero-order chi connectivity index (χ0) is 14.8. The molecule has 21 heavy (non-hydrogen) atoms. The monoisotopic (exact) mass is 283 g/mol. The summed E-state index contributed by atoms with van der Waals surface area (Å²) < 4.78 is 14.7. The molecule has 0 fully saturated rings. The molecule has 5 heteroatoms. The molecule has 3 aromatic rings. The Morgan fingerprint density at radius 3 is 2.71 bits per heavy atom. The average molecular weight is 283 g/mol. The van der Waals surface area contributed by atoms with Crippen molar-refractivity contribution in [2.45, 2.75) is 13.5 Å². The number of carbonyl (C=O) groups is 1. The van der Waals surface area contributed by atoms with Crippen LogP contribution in [0.5, 0.6) is 0 Å². The molecule has 0 unspecified atom stereocenters. The first-order chi connectivity index (χ1) is 10.1. The Balaban J connectivity index is 1.75. The van der Waals surface area contributed by atoms with Crippen molar-refractivity contribution in [3.05, 3.63) is 71.4 Å². The molecule has 106 valence electrons. The molecule has 2 aromatic heterocycles. The SMILES string of the molecule is Cc1cccc2nc(C(=O)NCc3ccc(F)cc3)cn12. The highest BCUT2D eigenvalue weighted by atomic mass is 19.1. The van der Waals surface area contributed by atoms with E-state index in [9.17, 15) is 9.18 Å². The average Bonchev–Trinajstić information content (AvgIpc) is 2.92. The number of halogens is 1. The molecule has 0 radical (unpaired) electrons. The molecule has 0 bridgehead atoms. The summed E-state index contributed by atoms with van der Waals surface area (Å²) in [5, 5.41) is 2.78. The lowest BCUT2D eigenvalue weighted by Crippen LogP contribution is -2.23. The summed E-state index contributed by atoms with van der Waals surface area (Å²) >= 11 is 0. The van der Waals surface area contributed by atoms with Crippen molar-refractivity contribution in [2.24, 2.45) is 0 Å². The Morgan fingerprint density at radius 1 is 1.24 bits per heavy atom. The van der Waals surface area contributed by atoms with Crippen molar-refractivity contribution in [1.29, 1.82) is 0 Å². The van der Waals surface area contributed by atoms with Gasteiger partial charge in [-0.1, -0.05) is 18.2 Å². The van der Waals surface area contributed by atoms with Crippen LogP contribution in [0.25, 0.3) is 5.65 Å². The second kappa shape index (κ2) is 5.36. The van der Waals surface area contributed by atoms with Crippen LogP contribution in [0.3, 0.4) is 0 Å². The van der Waals surface area contributed by atoms with Gasteiger partial charge in [0.1, 0.15) is 17.2 Å². The van der Waals surface area contributed by atoms with Gasteiger partial charge in [-0.25, -0.2) is 9.37 Å². The highest BCUT2D eigenvalue weighted by Crippen LogP contribution is 2.09. The van der Waals surface area contributed by atoms with Gasteiger partial charge in [0.15, 0.2) is 0 Å². The fourth-order valence-corrected chi connectivity index (χ4v) is 2.13. The van der Waals surface area contributed by atoms with E-state index >= 15 is 0 Å². The van der Waals surface area contributed by atoms with Gasteiger partial charge in [0.05, 0.1) is 0 Å². The van der Waals surface area contributed by atoms with Gasteiger partial charge < -0.3 is 9.72 Å². The normalized spacial score (nSPS) is 10.8. The van der Waals surface area contributed by atoms with E-state index < -0.39 is 0 Å². The second-order valence-corrected chi connectivity index (χ2v) is 4.83. The standard InChI is InChI=1S/C16H14FN3O/c1-11-3-2-4-15-19-14(10-20(11)15)16(21)18-9-12-5-7-13(17)8-6-12/h2-8,10H,9H2,1H3,(H,18,21). The predicted molar refractivity (Wildman–Crippen MR) is 77.5 cm³/mol. The van der Waals surface area contributed by atoms with Gasteiger partial charge in [0.2, 0.25) is 0 Å². The first-order valence-electron chi connectivity index (χ1n) is 6.61. The molecule has 0 aliphatic rings. The lowest BCUT2D eigenvalue weighted by Gasteiger charge is -2.03. The van der Waals surface area contributed by atoms with Crippen LogP contribution in [0.2, 0.25) is 0 Å². The summed E-state index contributed by atoms with van der Waals surface area (Å²) in [6.07, 6.45) is 1.71. The number of hydrogen-bond donors (Lipinski definition) is 1. The van der Waals surface area contributed by atoms with Crippen LogP contribution >= 0.6 is 0 Å². The van der Waals surface area contributed by atoms with Gasteiger partial charge in [0.25, 0.3) is 5.91 Å². The highest BCUT2D eigenvalue weighted by molar-refractivity contribution is 5.92. The Labute approximate surface area is 121 Å². The van der Waals surface area contributed by atoms with Crippen molar-refractivity contribution in [3.8, 4) is 0 Å². The third-order valence-electron chi connectivity index (χ3n) is 3.29. The predicted octanol–water partition coefficient (Wildman–Crippen LogP) is 2.71. The molecule has 0 spiro atoms. The number of benzene rings is 1. The summed E-state index contributed by atoms with van der Waals surface area (Å²) in [6, 6.07) is 11.7. The van der Waals surface area contributed by atoms with E-state index in [1.165, 1.54) is 12.1 Å². The first-order valence-corrected chi connectivity index (χ1v) is 6.61. The minimum Gasteiger partial charge on any atom is -0.347 e. The van der Waals surface area contributed by atoms with Crippen LogP contribution < -0.4 is 5.32 Å². The smallest absolute Gasteiger partial charge is 0.271 e. The lowest BCUT2D eigenvalue weighted by atomic mass is 10.2. The number of carbonyl (C=O) groups excluding carboxylic acids is 1. The zero-order valence-corrected chi connectivity index (χ0v) is 11.5.